The molecule has 0 unspecified atom stereocenters. The normalized spacial score (nSPS) is 17.6. The molecule has 0 saturated heterocycles. The van der Waals surface area contributed by atoms with Gasteiger partial charge in [0.15, 0.2) is 0 Å². The molecule has 1 fully saturated rings. The molecule has 0 amide bonds. The van der Waals surface area contributed by atoms with E-state index in [1.165, 1.54) is 22.6 Å². The molecule has 0 aliphatic heterocycles. The molecule has 5 nitrogen and oxygen atoms in total. The quantitative estimate of drug-likeness (QED) is 0.844. The maximum atomic E-state index is 12.7. The summed E-state index contributed by atoms with van der Waals surface area (Å²) in [4.78, 5) is 3.94. The third-order valence-electron chi connectivity index (χ3n) is 3.61. The summed E-state index contributed by atoms with van der Waals surface area (Å²) in [6.45, 7) is -0.0680. The molecule has 0 atom stereocenters. The van der Waals surface area contributed by atoms with Crippen molar-refractivity contribution in [3.63, 3.8) is 0 Å². The Kier molecular flexibility index (Phi) is 5.37. The highest BCUT2D eigenvalue weighted by molar-refractivity contribution is 7.89. The Bertz CT molecular complexity index is 544. The minimum absolute atomic E-state index is 0.0344. The molecule has 1 aliphatic carbocycles. The minimum Gasteiger partial charge on any atom is -0.395 e. The van der Waals surface area contributed by atoms with Gasteiger partial charge < -0.3 is 5.11 Å². The van der Waals surface area contributed by atoms with Crippen molar-refractivity contribution in [3.05, 3.63) is 23.5 Å². The number of nitrogens with zero attached hydrogens (tertiary/aromatic N) is 2. The summed E-state index contributed by atoms with van der Waals surface area (Å²) < 4.78 is 26.8. The third-order valence-corrected chi connectivity index (χ3v) is 5.76. The number of rotatable bonds is 5. The summed E-state index contributed by atoms with van der Waals surface area (Å²) in [5.41, 5.74) is 0. The smallest absolute Gasteiger partial charge is 0.243 e. The standard InChI is InChI=1S/C13H19ClN2O3S/c14-13-10-12(6-7-15-13)20(18,19)16(8-9-17)11-4-2-1-3-5-11/h6-7,10-11,17H,1-5,8-9H2. The largest absolute Gasteiger partial charge is 0.395 e. The molecule has 1 N–H and O–H groups in total. The number of halogens is 1. The predicted molar refractivity (Wildman–Crippen MR) is 77.1 cm³/mol. The topological polar surface area (TPSA) is 70.5 Å². The van der Waals surface area contributed by atoms with Crippen molar-refractivity contribution in [3.8, 4) is 0 Å². The SMILES string of the molecule is O=S(=O)(c1ccnc(Cl)c1)N(CCO)C1CCCCC1. The number of sulfonamides is 1. The lowest BCUT2D eigenvalue weighted by Crippen LogP contribution is -2.43. The van der Waals surface area contributed by atoms with Crippen molar-refractivity contribution < 1.29 is 13.5 Å². The zero-order valence-corrected chi connectivity index (χ0v) is 12.8. The maximum absolute atomic E-state index is 12.7. The van der Waals surface area contributed by atoms with Crippen LogP contribution in [0.1, 0.15) is 32.1 Å². The summed E-state index contributed by atoms with van der Waals surface area (Å²) in [7, 11) is -3.64. The van der Waals surface area contributed by atoms with Gasteiger partial charge in [-0.05, 0) is 25.0 Å². The van der Waals surface area contributed by atoms with E-state index in [1.54, 1.807) is 0 Å². The first-order valence-electron chi connectivity index (χ1n) is 6.80. The molecule has 1 heterocycles. The highest BCUT2D eigenvalue weighted by Crippen LogP contribution is 2.28. The number of aliphatic hydroxyl groups excluding tert-OH is 1. The molecule has 7 heteroatoms. The van der Waals surface area contributed by atoms with Crippen molar-refractivity contribution in [1.82, 2.24) is 9.29 Å². The molecule has 20 heavy (non-hydrogen) atoms. The molecule has 1 aromatic heterocycles. The lowest BCUT2D eigenvalue weighted by atomic mass is 9.95. The second-order valence-electron chi connectivity index (χ2n) is 4.95. The van der Waals surface area contributed by atoms with Crippen LogP contribution >= 0.6 is 11.6 Å². The van der Waals surface area contributed by atoms with Gasteiger partial charge >= 0.3 is 0 Å². The van der Waals surface area contributed by atoms with E-state index < -0.39 is 10.0 Å². The van der Waals surface area contributed by atoms with E-state index in [9.17, 15) is 13.5 Å². The highest BCUT2D eigenvalue weighted by atomic mass is 35.5. The Balaban J connectivity index is 2.31. The summed E-state index contributed by atoms with van der Waals surface area (Å²) in [5, 5.41) is 9.34. The fraction of sp³-hybridized carbons (Fsp3) is 0.615. The molecule has 0 radical (unpaired) electrons. The molecular formula is C13H19ClN2O3S. The number of pyridine rings is 1. The molecule has 1 aliphatic rings. The van der Waals surface area contributed by atoms with Gasteiger partial charge in [-0.15, -0.1) is 0 Å². The van der Waals surface area contributed by atoms with Crippen LogP contribution in [-0.4, -0.2) is 42.0 Å². The number of hydrogen-bond donors (Lipinski definition) is 1. The van der Waals surface area contributed by atoms with E-state index >= 15 is 0 Å². The Hall–Kier alpha value is -0.690. The van der Waals surface area contributed by atoms with Gasteiger partial charge in [0, 0.05) is 18.8 Å². The van der Waals surface area contributed by atoms with E-state index in [2.05, 4.69) is 4.98 Å². The van der Waals surface area contributed by atoms with Crippen LogP contribution in [0.4, 0.5) is 0 Å². The summed E-state index contributed by atoms with van der Waals surface area (Å²) in [5.74, 6) is 0. The monoisotopic (exact) mass is 318 g/mol. The zero-order chi connectivity index (χ0) is 14.6. The maximum Gasteiger partial charge on any atom is 0.243 e. The van der Waals surface area contributed by atoms with Gasteiger partial charge in [-0.3, -0.25) is 0 Å². The van der Waals surface area contributed by atoms with Crippen LogP contribution in [0.2, 0.25) is 5.15 Å². The van der Waals surface area contributed by atoms with Crippen molar-refractivity contribution in [2.75, 3.05) is 13.2 Å². The Morgan fingerprint density at radius 1 is 1.35 bits per heavy atom. The van der Waals surface area contributed by atoms with Gasteiger partial charge in [0.2, 0.25) is 10.0 Å². The summed E-state index contributed by atoms with van der Waals surface area (Å²) in [6, 6.07) is 2.76. The average molecular weight is 319 g/mol. The van der Waals surface area contributed by atoms with Crippen LogP contribution in [0.5, 0.6) is 0 Å². The van der Waals surface area contributed by atoms with E-state index in [-0.39, 0.29) is 29.2 Å². The van der Waals surface area contributed by atoms with E-state index in [0.29, 0.717) is 0 Å². The van der Waals surface area contributed by atoms with E-state index in [1.807, 2.05) is 0 Å². The van der Waals surface area contributed by atoms with Crippen LogP contribution in [0.3, 0.4) is 0 Å². The molecule has 0 aromatic carbocycles. The van der Waals surface area contributed by atoms with Crippen LogP contribution < -0.4 is 0 Å². The first-order chi connectivity index (χ1) is 9.55. The second-order valence-corrected chi connectivity index (χ2v) is 7.22. The molecule has 112 valence electrons. The third kappa shape index (κ3) is 3.49. The van der Waals surface area contributed by atoms with Crippen LogP contribution in [-0.2, 0) is 10.0 Å². The number of aliphatic hydroxyl groups is 1. The summed E-state index contributed by atoms with van der Waals surface area (Å²) >= 11 is 5.77. The number of aromatic nitrogens is 1. The molecule has 0 bridgehead atoms. The van der Waals surface area contributed by atoms with Gasteiger partial charge in [-0.1, -0.05) is 30.9 Å². The Morgan fingerprint density at radius 3 is 2.65 bits per heavy atom. The minimum atomic E-state index is -3.64. The first kappa shape index (κ1) is 15.7. The van der Waals surface area contributed by atoms with Gasteiger partial charge in [0.25, 0.3) is 0 Å². The molecule has 1 saturated carbocycles. The first-order valence-corrected chi connectivity index (χ1v) is 8.62. The van der Waals surface area contributed by atoms with Crippen molar-refractivity contribution in [2.45, 2.75) is 43.0 Å². The van der Waals surface area contributed by atoms with Crippen LogP contribution in [0.15, 0.2) is 23.2 Å². The van der Waals surface area contributed by atoms with E-state index in [4.69, 9.17) is 11.6 Å². The van der Waals surface area contributed by atoms with Crippen LogP contribution in [0, 0.1) is 0 Å². The molecular weight excluding hydrogens is 300 g/mol. The van der Waals surface area contributed by atoms with Gasteiger partial charge in [0.1, 0.15) is 5.15 Å². The highest BCUT2D eigenvalue weighted by Gasteiger charge is 2.32. The van der Waals surface area contributed by atoms with Gasteiger partial charge in [0.05, 0.1) is 11.5 Å². The van der Waals surface area contributed by atoms with E-state index in [0.717, 1.165) is 32.1 Å². The van der Waals surface area contributed by atoms with Gasteiger partial charge in [-0.25, -0.2) is 13.4 Å². The van der Waals surface area contributed by atoms with Crippen molar-refractivity contribution >= 4 is 21.6 Å². The Labute approximate surface area is 124 Å². The van der Waals surface area contributed by atoms with Gasteiger partial charge in [-0.2, -0.15) is 4.31 Å². The van der Waals surface area contributed by atoms with Crippen molar-refractivity contribution in [1.29, 1.82) is 0 Å². The fourth-order valence-corrected chi connectivity index (χ4v) is 4.58. The molecule has 1 aromatic rings. The predicted octanol–water partition coefficient (Wildman–Crippen LogP) is 2.05. The number of hydrogen-bond acceptors (Lipinski definition) is 4. The lowest BCUT2D eigenvalue weighted by molar-refractivity contribution is 0.199. The second kappa shape index (κ2) is 6.85. The van der Waals surface area contributed by atoms with Crippen molar-refractivity contribution in [2.24, 2.45) is 0 Å². The van der Waals surface area contributed by atoms with Crippen LogP contribution in [0.25, 0.3) is 0 Å². The molecule has 2 rings (SSSR count). The zero-order valence-electron chi connectivity index (χ0n) is 11.2. The lowest BCUT2D eigenvalue weighted by Gasteiger charge is -2.33. The average Bonchev–Trinajstić information content (AvgIpc) is 2.45. The fourth-order valence-electron chi connectivity index (χ4n) is 2.65. The Morgan fingerprint density at radius 2 is 2.05 bits per heavy atom. The summed E-state index contributed by atoms with van der Waals surface area (Å²) in [6.07, 6.45) is 6.27. The molecule has 0 spiro atoms.